The number of hydrogen-bond acceptors (Lipinski definition) is 5. The number of fused-ring (bicyclic) bond motifs is 1. The van der Waals surface area contributed by atoms with Crippen LogP contribution in [0.25, 0.3) is 16.6 Å². The van der Waals surface area contributed by atoms with Gasteiger partial charge in [0.25, 0.3) is 0 Å². The molecular weight excluding hydrogens is 394 g/mol. The van der Waals surface area contributed by atoms with Gasteiger partial charge in [-0.2, -0.15) is 0 Å². The Hall–Kier alpha value is -2.38. The second kappa shape index (κ2) is 6.98. The summed E-state index contributed by atoms with van der Waals surface area (Å²) in [6, 6.07) is 4.54. The molecule has 0 bridgehead atoms. The van der Waals surface area contributed by atoms with Crippen molar-refractivity contribution in [2.24, 2.45) is 0 Å². The third-order valence-corrected chi connectivity index (χ3v) is 5.43. The number of methoxy groups -OCH3 is 1. The quantitative estimate of drug-likeness (QED) is 0.616. The van der Waals surface area contributed by atoms with Crippen LogP contribution in [0.3, 0.4) is 0 Å². The predicted octanol–water partition coefficient (Wildman–Crippen LogP) is 3.82. The first kappa shape index (κ1) is 18.0. The summed E-state index contributed by atoms with van der Waals surface area (Å²) < 4.78 is 20.7. The van der Waals surface area contributed by atoms with Gasteiger partial charge < -0.3 is 14.2 Å². The van der Waals surface area contributed by atoms with E-state index < -0.39 is 18.2 Å². The maximum absolute atomic E-state index is 14.1. The van der Waals surface area contributed by atoms with Gasteiger partial charge in [-0.05, 0) is 12.1 Å². The average Bonchev–Trinajstić information content (AvgIpc) is 3.33. The minimum Gasteiger partial charge on any atom is -0.467 e. The first-order chi connectivity index (χ1) is 13.0. The van der Waals surface area contributed by atoms with Gasteiger partial charge in [-0.15, -0.1) is 0 Å². The number of esters is 1. The van der Waals surface area contributed by atoms with Crippen molar-refractivity contribution in [1.29, 1.82) is 0 Å². The van der Waals surface area contributed by atoms with Gasteiger partial charge in [-0.1, -0.05) is 23.2 Å². The lowest BCUT2D eigenvalue weighted by molar-refractivity contribution is -0.142. The summed E-state index contributed by atoms with van der Waals surface area (Å²) in [7, 11) is 1.29. The number of pyridine rings is 1. The molecule has 0 N–H and O–H groups in total. The molecule has 0 aliphatic carbocycles. The highest BCUT2D eigenvalue weighted by molar-refractivity contribution is 6.45. The Balaban J connectivity index is 1.93. The number of nitrogens with zero attached hydrogens (tertiary/aromatic N) is 4. The van der Waals surface area contributed by atoms with Crippen molar-refractivity contribution < 1.29 is 13.9 Å². The molecule has 1 aromatic carbocycles. The van der Waals surface area contributed by atoms with Crippen LogP contribution in [0.5, 0.6) is 0 Å². The molecule has 3 aromatic rings. The van der Waals surface area contributed by atoms with Gasteiger partial charge in [0.2, 0.25) is 0 Å². The van der Waals surface area contributed by atoms with Crippen LogP contribution in [-0.2, 0) is 9.53 Å². The summed E-state index contributed by atoms with van der Waals surface area (Å²) in [6.45, 7) is 0.0415. The fourth-order valence-electron chi connectivity index (χ4n) is 3.36. The maximum Gasteiger partial charge on any atom is 0.328 e. The number of alkyl halides is 1. The Morgan fingerprint density at radius 3 is 2.89 bits per heavy atom. The van der Waals surface area contributed by atoms with Gasteiger partial charge in [0.1, 0.15) is 18.0 Å². The highest BCUT2D eigenvalue weighted by Gasteiger charge is 2.39. The molecule has 140 valence electrons. The minimum absolute atomic E-state index is 0.0415. The first-order valence-electron chi connectivity index (χ1n) is 8.25. The molecule has 0 saturated carbocycles. The zero-order valence-corrected chi connectivity index (χ0v) is 15.8. The third-order valence-electron chi connectivity index (χ3n) is 4.64. The molecule has 1 aliphatic heterocycles. The minimum atomic E-state index is -1.15. The van der Waals surface area contributed by atoms with E-state index in [4.69, 9.17) is 27.9 Å². The number of rotatable bonds is 3. The molecule has 9 heteroatoms. The topological polar surface area (TPSA) is 60.2 Å². The summed E-state index contributed by atoms with van der Waals surface area (Å²) in [4.78, 5) is 22.4. The van der Waals surface area contributed by atoms with Gasteiger partial charge in [0.05, 0.1) is 41.2 Å². The van der Waals surface area contributed by atoms with Crippen LogP contribution in [0.4, 0.5) is 10.2 Å². The second-order valence-corrected chi connectivity index (χ2v) is 7.04. The van der Waals surface area contributed by atoms with Crippen molar-refractivity contribution in [3.63, 3.8) is 0 Å². The number of halogens is 3. The molecule has 0 spiro atoms. The number of carbonyl (C=O) groups is 1. The molecule has 3 heterocycles. The zero-order valence-electron chi connectivity index (χ0n) is 14.3. The number of imidazole rings is 1. The molecule has 0 radical (unpaired) electrons. The average molecular weight is 409 g/mol. The summed E-state index contributed by atoms with van der Waals surface area (Å²) >= 11 is 12.6. The lowest BCUT2D eigenvalue weighted by atomic mass is 10.1. The highest BCUT2D eigenvalue weighted by Crippen LogP contribution is 2.36. The number of anilines is 1. The van der Waals surface area contributed by atoms with E-state index in [1.54, 1.807) is 40.3 Å². The number of benzene rings is 1. The van der Waals surface area contributed by atoms with Crippen LogP contribution < -0.4 is 4.90 Å². The van der Waals surface area contributed by atoms with E-state index in [-0.39, 0.29) is 13.0 Å². The van der Waals surface area contributed by atoms with Crippen LogP contribution in [0.15, 0.2) is 36.9 Å². The lowest BCUT2D eigenvalue weighted by Gasteiger charge is -2.24. The Morgan fingerprint density at radius 2 is 2.19 bits per heavy atom. The molecule has 0 amide bonds. The van der Waals surface area contributed by atoms with Crippen LogP contribution in [-0.4, -0.2) is 46.4 Å². The Labute approximate surface area is 164 Å². The maximum atomic E-state index is 14.1. The predicted molar refractivity (Wildman–Crippen MR) is 102 cm³/mol. The zero-order chi connectivity index (χ0) is 19.1. The molecule has 1 aliphatic rings. The molecule has 4 rings (SSSR count). The standard InChI is InChI=1S/C18H15Cl2FN4O2/c1-27-18(26)14-6-10(21)8-25(14)15-7-13(24-5-4-22-9-24)11-2-3-12(19)16(20)17(11)23-15/h2-5,7,9-10,14H,6,8H2,1H3/t10-,14-/m0/s1. The van der Waals surface area contributed by atoms with Crippen molar-refractivity contribution in [1.82, 2.24) is 14.5 Å². The summed E-state index contributed by atoms with van der Waals surface area (Å²) in [6.07, 6.45) is 3.96. The van der Waals surface area contributed by atoms with E-state index in [0.29, 0.717) is 21.4 Å². The number of aromatic nitrogens is 3. The summed E-state index contributed by atoms with van der Waals surface area (Å²) in [5.74, 6) is -0.0793. The van der Waals surface area contributed by atoms with Crippen molar-refractivity contribution in [3.05, 3.63) is 47.0 Å². The van der Waals surface area contributed by atoms with Gasteiger partial charge in [0.15, 0.2) is 0 Å². The van der Waals surface area contributed by atoms with E-state index in [9.17, 15) is 9.18 Å². The molecule has 2 aromatic heterocycles. The van der Waals surface area contributed by atoms with Gasteiger partial charge in [-0.3, -0.25) is 0 Å². The second-order valence-electron chi connectivity index (χ2n) is 6.25. The Kier molecular flexibility index (Phi) is 4.65. The van der Waals surface area contributed by atoms with Crippen molar-refractivity contribution >= 4 is 45.9 Å². The van der Waals surface area contributed by atoms with Crippen LogP contribution >= 0.6 is 23.2 Å². The fraction of sp³-hybridized carbons (Fsp3) is 0.278. The summed E-state index contributed by atoms with van der Waals surface area (Å²) in [5.41, 5.74) is 1.22. The Bertz CT molecular complexity index is 1010. The van der Waals surface area contributed by atoms with E-state index in [0.717, 1.165) is 11.1 Å². The van der Waals surface area contributed by atoms with Crippen molar-refractivity contribution in [2.45, 2.75) is 18.6 Å². The monoisotopic (exact) mass is 408 g/mol. The lowest BCUT2D eigenvalue weighted by Crippen LogP contribution is -2.37. The smallest absolute Gasteiger partial charge is 0.328 e. The van der Waals surface area contributed by atoms with Crippen LogP contribution in [0.2, 0.25) is 10.0 Å². The van der Waals surface area contributed by atoms with Crippen molar-refractivity contribution in [2.75, 3.05) is 18.6 Å². The largest absolute Gasteiger partial charge is 0.467 e. The van der Waals surface area contributed by atoms with E-state index in [1.165, 1.54) is 7.11 Å². The van der Waals surface area contributed by atoms with Gasteiger partial charge in [-0.25, -0.2) is 19.2 Å². The molecule has 0 unspecified atom stereocenters. The third kappa shape index (κ3) is 3.11. The van der Waals surface area contributed by atoms with Crippen LogP contribution in [0.1, 0.15) is 6.42 Å². The molecule has 2 atom stereocenters. The van der Waals surface area contributed by atoms with Gasteiger partial charge >= 0.3 is 5.97 Å². The highest BCUT2D eigenvalue weighted by atomic mass is 35.5. The number of hydrogen-bond donors (Lipinski definition) is 0. The molecule has 1 fully saturated rings. The van der Waals surface area contributed by atoms with E-state index in [1.807, 2.05) is 6.07 Å². The van der Waals surface area contributed by atoms with Crippen molar-refractivity contribution in [3.8, 4) is 5.69 Å². The van der Waals surface area contributed by atoms with Crippen LogP contribution in [0, 0.1) is 0 Å². The van der Waals surface area contributed by atoms with E-state index >= 15 is 0 Å². The fourth-order valence-corrected chi connectivity index (χ4v) is 3.72. The SMILES string of the molecule is COC(=O)[C@@H]1C[C@H](F)CN1c1cc(-n2ccnc2)c2ccc(Cl)c(Cl)c2n1. The van der Waals surface area contributed by atoms with E-state index in [2.05, 4.69) is 9.97 Å². The molecule has 27 heavy (non-hydrogen) atoms. The first-order valence-corrected chi connectivity index (χ1v) is 9.01. The normalized spacial score (nSPS) is 19.6. The molecule has 6 nitrogen and oxygen atoms in total. The number of carbonyl (C=O) groups excluding carboxylic acids is 1. The summed E-state index contributed by atoms with van der Waals surface area (Å²) in [5, 5.41) is 1.42. The Morgan fingerprint density at radius 1 is 1.37 bits per heavy atom. The molecule has 1 saturated heterocycles. The molecular formula is C18H15Cl2FN4O2. The number of ether oxygens (including phenoxy) is 1. The van der Waals surface area contributed by atoms with Gasteiger partial charge in [0, 0.05) is 30.3 Å².